The first-order valence-electron chi connectivity index (χ1n) is 12.1. The fraction of sp³-hybridized carbons (Fsp3) is 0.222. The third-order valence-corrected chi connectivity index (χ3v) is 8.32. The number of nitrogens with two attached hydrogens (primary N) is 1. The normalized spacial score (nSPS) is 19.5. The minimum atomic E-state index is -0.530. The van der Waals surface area contributed by atoms with E-state index < -0.39 is 17.9 Å². The molecule has 1 saturated heterocycles. The molecule has 2 aromatic carbocycles. The molecule has 6 rings (SSSR count). The number of hydrogen-bond acceptors (Lipinski definition) is 6. The maximum absolute atomic E-state index is 13.8. The summed E-state index contributed by atoms with van der Waals surface area (Å²) in [4.78, 5) is 32.6. The first-order chi connectivity index (χ1) is 18.2. The zero-order valence-electron chi connectivity index (χ0n) is 20.9. The minimum Gasteiger partial charge on any atom is -0.365 e. The van der Waals surface area contributed by atoms with Gasteiger partial charge in [-0.3, -0.25) is 14.3 Å². The molecule has 1 fully saturated rings. The minimum absolute atomic E-state index is 0.0654. The lowest BCUT2D eigenvalue weighted by molar-refractivity contribution is -0.120. The predicted molar refractivity (Wildman–Crippen MR) is 142 cm³/mol. The van der Waals surface area contributed by atoms with Crippen LogP contribution in [0.1, 0.15) is 45.0 Å². The van der Waals surface area contributed by atoms with Gasteiger partial charge in [-0.1, -0.05) is 6.92 Å². The van der Waals surface area contributed by atoms with Crippen LogP contribution in [0.15, 0.2) is 60.9 Å². The van der Waals surface area contributed by atoms with Crippen LogP contribution in [0.5, 0.6) is 0 Å². The van der Waals surface area contributed by atoms with Crippen LogP contribution in [0.4, 0.5) is 10.1 Å². The number of halogens is 1. The van der Waals surface area contributed by atoms with Gasteiger partial charge in [0.2, 0.25) is 5.91 Å². The first kappa shape index (κ1) is 24.0. The topological polar surface area (TPSA) is 112 Å². The van der Waals surface area contributed by atoms with E-state index in [1.807, 2.05) is 44.4 Å². The molecule has 5 aromatic rings. The van der Waals surface area contributed by atoms with E-state index in [0.29, 0.717) is 21.3 Å². The predicted octanol–water partition coefficient (Wildman–Crippen LogP) is 4.27. The highest BCUT2D eigenvalue weighted by Gasteiger charge is 2.50. The quantitative estimate of drug-likeness (QED) is 0.366. The van der Waals surface area contributed by atoms with Gasteiger partial charge in [-0.2, -0.15) is 10.2 Å². The van der Waals surface area contributed by atoms with Gasteiger partial charge in [0.05, 0.1) is 39.8 Å². The van der Waals surface area contributed by atoms with Crippen molar-refractivity contribution in [1.82, 2.24) is 24.5 Å². The van der Waals surface area contributed by atoms with Crippen molar-refractivity contribution in [2.24, 2.45) is 18.7 Å². The molecule has 2 N–H and O–H groups in total. The van der Waals surface area contributed by atoms with Crippen LogP contribution >= 0.6 is 11.3 Å². The second-order valence-corrected chi connectivity index (χ2v) is 10.5. The molecule has 1 aliphatic heterocycles. The van der Waals surface area contributed by atoms with Crippen LogP contribution in [0.25, 0.3) is 16.6 Å². The van der Waals surface area contributed by atoms with Crippen molar-refractivity contribution in [2.45, 2.75) is 25.8 Å². The van der Waals surface area contributed by atoms with Gasteiger partial charge in [0.1, 0.15) is 10.7 Å². The van der Waals surface area contributed by atoms with E-state index in [1.165, 1.54) is 23.5 Å². The molecule has 1 aliphatic rings. The number of aryl methyl sites for hydroxylation is 2. The summed E-state index contributed by atoms with van der Waals surface area (Å²) in [6.45, 7) is 3.64. The molecule has 0 saturated carbocycles. The molecule has 11 heteroatoms. The zero-order valence-corrected chi connectivity index (χ0v) is 21.7. The van der Waals surface area contributed by atoms with E-state index in [4.69, 9.17) is 5.73 Å². The summed E-state index contributed by atoms with van der Waals surface area (Å²) in [6.07, 6.45) is 3.57. The van der Waals surface area contributed by atoms with E-state index in [2.05, 4.69) is 15.2 Å². The SMILES string of the molecule is Cc1nc(C2C(C)C(=O)N(c3ccc4c(cnn4-c4ccc(F)cc4)c3)C2c2ccn(C)n2)sc1C(N)=O. The number of anilines is 1. The van der Waals surface area contributed by atoms with Crippen molar-refractivity contribution in [3.05, 3.63) is 88.0 Å². The van der Waals surface area contributed by atoms with Crippen molar-refractivity contribution < 1.29 is 14.0 Å². The summed E-state index contributed by atoms with van der Waals surface area (Å²) in [6, 6.07) is 13.3. The summed E-state index contributed by atoms with van der Waals surface area (Å²) in [5, 5.41) is 10.7. The van der Waals surface area contributed by atoms with Gasteiger partial charge in [-0.25, -0.2) is 14.1 Å². The van der Waals surface area contributed by atoms with Gasteiger partial charge in [0.15, 0.2) is 0 Å². The molecule has 3 unspecified atom stereocenters. The molecule has 3 aromatic heterocycles. The Morgan fingerprint density at radius 1 is 1.11 bits per heavy atom. The van der Waals surface area contributed by atoms with Crippen LogP contribution < -0.4 is 10.6 Å². The van der Waals surface area contributed by atoms with Gasteiger partial charge >= 0.3 is 0 Å². The van der Waals surface area contributed by atoms with Gasteiger partial charge in [0, 0.05) is 36.2 Å². The second kappa shape index (κ2) is 8.88. The number of fused-ring (bicyclic) bond motifs is 1. The van der Waals surface area contributed by atoms with E-state index in [-0.39, 0.29) is 17.6 Å². The third kappa shape index (κ3) is 3.77. The number of carbonyl (C=O) groups is 2. The van der Waals surface area contributed by atoms with E-state index in [9.17, 15) is 14.0 Å². The standard InChI is InChI=1S/C27H24FN7O2S/c1-14-22(26-31-15(2)24(38-26)25(29)36)23(20-10-11-33(3)32-20)34(27(14)37)19-8-9-21-16(12-19)13-30-35(21)18-6-4-17(28)5-7-18/h4-14,22-23H,1-3H3,(H2,29,36). The van der Waals surface area contributed by atoms with Crippen LogP contribution in [0, 0.1) is 18.7 Å². The molecule has 3 atom stereocenters. The number of aromatic nitrogens is 5. The van der Waals surface area contributed by atoms with Gasteiger partial charge < -0.3 is 10.6 Å². The molecule has 2 amide bonds. The highest BCUT2D eigenvalue weighted by atomic mass is 32.1. The van der Waals surface area contributed by atoms with Crippen molar-refractivity contribution in [2.75, 3.05) is 4.90 Å². The van der Waals surface area contributed by atoms with Gasteiger partial charge in [0.25, 0.3) is 5.91 Å². The molecule has 0 radical (unpaired) electrons. The van der Waals surface area contributed by atoms with Gasteiger partial charge in [-0.15, -0.1) is 11.3 Å². The Kier molecular flexibility index (Phi) is 5.60. The fourth-order valence-electron chi connectivity index (χ4n) is 5.23. The highest BCUT2D eigenvalue weighted by Crippen LogP contribution is 2.50. The summed E-state index contributed by atoms with van der Waals surface area (Å²) in [5.74, 6) is -1.65. The molecule has 0 aliphatic carbocycles. The van der Waals surface area contributed by atoms with Crippen molar-refractivity contribution in [3.8, 4) is 5.69 Å². The smallest absolute Gasteiger partial charge is 0.260 e. The Bertz CT molecular complexity index is 1700. The Balaban J connectivity index is 1.46. The molecule has 192 valence electrons. The monoisotopic (exact) mass is 529 g/mol. The number of amides is 2. The number of thiazole rings is 1. The van der Waals surface area contributed by atoms with Gasteiger partial charge in [-0.05, 0) is 55.5 Å². The molecule has 4 heterocycles. The maximum atomic E-state index is 13.8. The second-order valence-electron chi connectivity index (χ2n) is 9.49. The number of benzene rings is 2. The molecule has 38 heavy (non-hydrogen) atoms. The van der Waals surface area contributed by atoms with E-state index in [0.717, 1.165) is 22.3 Å². The zero-order chi connectivity index (χ0) is 26.7. The lowest BCUT2D eigenvalue weighted by atomic mass is 9.90. The fourth-order valence-corrected chi connectivity index (χ4v) is 6.39. The summed E-state index contributed by atoms with van der Waals surface area (Å²) >= 11 is 1.24. The number of nitrogens with zero attached hydrogens (tertiary/aromatic N) is 6. The van der Waals surface area contributed by atoms with Crippen LogP contribution in [0.3, 0.4) is 0 Å². The van der Waals surface area contributed by atoms with Crippen LogP contribution in [-0.4, -0.2) is 36.4 Å². The molecular weight excluding hydrogens is 505 g/mol. The molecule has 0 bridgehead atoms. The molecule has 0 spiro atoms. The lowest BCUT2D eigenvalue weighted by Gasteiger charge is -2.26. The van der Waals surface area contributed by atoms with Crippen LogP contribution in [-0.2, 0) is 11.8 Å². The lowest BCUT2D eigenvalue weighted by Crippen LogP contribution is -2.29. The van der Waals surface area contributed by atoms with Crippen molar-refractivity contribution in [1.29, 1.82) is 0 Å². The average Bonchev–Trinajstić information content (AvgIpc) is 3.65. The Hall–Kier alpha value is -4.38. The van der Waals surface area contributed by atoms with E-state index in [1.54, 1.807) is 39.5 Å². The van der Waals surface area contributed by atoms with E-state index >= 15 is 0 Å². The first-order valence-corrected chi connectivity index (χ1v) is 12.9. The maximum Gasteiger partial charge on any atom is 0.260 e. The Morgan fingerprint density at radius 2 is 1.84 bits per heavy atom. The number of carbonyl (C=O) groups excluding carboxylic acids is 2. The number of primary amides is 1. The summed E-state index contributed by atoms with van der Waals surface area (Å²) in [5.41, 5.74) is 9.12. The largest absolute Gasteiger partial charge is 0.365 e. The Morgan fingerprint density at radius 3 is 2.50 bits per heavy atom. The highest BCUT2D eigenvalue weighted by molar-refractivity contribution is 7.13. The number of hydrogen-bond donors (Lipinski definition) is 1. The third-order valence-electron chi connectivity index (χ3n) is 7.04. The van der Waals surface area contributed by atoms with Crippen molar-refractivity contribution >= 4 is 39.7 Å². The summed E-state index contributed by atoms with van der Waals surface area (Å²) in [7, 11) is 1.83. The Labute approximate surface area is 221 Å². The molecule has 9 nitrogen and oxygen atoms in total. The van der Waals surface area contributed by atoms with Crippen molar-refractivity contribution in [3.63, 3.8) is 0 Å². The van der Waals surface area contributed by atoms with Crippen LogP contribution in [0.2, 0.25) is 0 Å². The summed E-state index contributed by atoms with van der Waals surface area (Å²) < 4.78 is 16.9. The molecular formula is C27H24FN7O2S. The average molecular weight is 530 g/mol. The number of rotatable bonds is 5.